The van der Waals surface area contributed by atoms with Gasteiger partial charge in [-0.25, -0.2) is 0 Å². The third-order valence-corrected chi connectivity index (χ3v) is 2.98. The second-order valence-electron chi connectivity index (χ2n) is 4.32. The lowest BCUT2D eigenvalue weighted by Crippen LogP contribution is -2.34. The Morgan fingerprint density at radius 3 is 2.26 bits per heavy atom. The molecule has 2 aromatic rings. The van der Waals surface area contributed by atoms with Gasteiger partial charge in [0.15, 0.2) is 0 Å². The first kappa shape index (κ1) is 17.4. The second-order valence-corrected chi connectivity index (χ2v) is 4.75. The standard InChI is InChI=1S/C12H7ClF6N2O2/c1-22-7-3-2-5(13)4-6(7)9-20-10(23-21-9)8(11(14,15)16)12(17,18)19/h2-4,8H,1H3. The molecule has 0 bridgehead atoms. The molecule has 0 aliphatic rings. The van der Waals surface area contributed by atoms with Crippen LogP contribution in [0.1, 0.15) is 11.8 Å². The van der Waals surface area contributed by atoms with E-state index in [0.717, 1.165) is 0 Å². The zero-order valence-electron chi connectivity index (χ0n) is 11.2. The molecule has 0 saturated carbocycles. The molecule has 0 amide bonds. The molecule has 23 heavy (non-hydrogen) atoms. The monoisotopic (exact) mass is 360 g/mol. The summed E-state index contributed by atoms with van der Waals surface area (Å²) in [5.41, 5.74) is -0.00176. The van der Waals surface area contributed by atoms with E-state index in [4.69, 9.17) is 16.3 Å². The van der Waals surface area contributed by atoms with Crippen molar-refractivity contribution in [3.63, 3.8) is 0 Å². The molecule has 1 aromatic heterocycles. The van der Waals surface area contributed by atoms with Gasteiger partial charge in [-0.15, -0.1) is 0 Å². The number of rotatable bonds is 3. The van der Waals surface area contributed by atoms with Gasteiger partial charge in [0.25, 0.3) is 0 Å². The lowest BCUT2D eigenvalue weighted by molar-refractivity contribution is -0.259. The summed E-state index contributed by atoms with van der Waals surface area (Å²) < 4.78 is 84.9. The largest absolute Gasteiger partial charge is 0.496 e. The van der Waals surface area contributed by atoms with Gasteiger partial charge < -0.3 is 9.26 Å². The number of alkyl halides is 6. The number of hydrogen-bond acceptors (Lipinski definition) is 4. The van der Waals surface area contributed by atoms with Crippen LogP contribution in [-0.4, -0.2) is 29.6 Å². The van der Waals surface area contributed by atoms with Crippen LogP contribution in [0, 0.1) is 0 Å². The van der Waals surface area contributed by atoms with Crippen LogP contribution in [0.25, 0.3) is 11.4 Å². The molecular formula is C12H7ClF6N2O2. The van der Waals surface area contributed by atoms with Crippen molar-refractivity contribution in [3.8, 4) is 17.1 Å². The van der Waals surface area contributed by atoms with E-state index in [0.29, 0.717) is 0 Å². The number of benzene rings is 1. The van der Waals surface area contributed by atoms with Gasteiger partial charge in [-0.2, -0.15) is 31.3 Å². The Balaban J connectivity index is 2.50. The smallest absolute Gasteiger partial charge is 0.409 e. The highest BCUT2D eigenvalue weighted by Crippen LogP contribution is 2.46. The molecule has 0 N–H and O–H groups in total. The van der Waals surface area contributed by atoms with E-state index >= 15 is 0 Å². The quantitative estimate of drug-likeness (QED) is 0.750. The highest BCUT2D eigenvalue weighted by atomic mass is 35.5. The van der Waals surface area contributed by atoms with Gasteiger partial charge in [0.05, 0.1) is 12.7 Å². The summed E-state index contributed by atoms with van der Waals surface area (Å²) in [6.45, 7) is 0. The lowest BCUT2D eigenvalue weighted by Gasteiger charge is -2.19. The Morgan fingerprint density at radius 1 is 1.13 bits per heavy atom. The Morgan fingerprint density at radius 2 is 1.74 bits per heavy atom. The summed E-state index contributed by atoms with van der Waals surface area (Å²) in [6.07, 6.45) is -11.2. The molecule has 1 aromatic carbocycles. The summed E-state index contributed by atoms with van der Waals surface area (Å²) >= 11 is 5.74. The summed E-state index contributed by atoms with van der Waals surface area (Å²) in [7, 11) is 1.25. The predicted molar refractivity (Wildman–Crippen MR) is 66.1 cm³/mol. The number of halogens is 7. The molecule has 0 atom stereocenters. The summed E-state index contributed by atoms with van der Waals surface area (Å²) in [5.74, 6) is -5.88. The van der Waals surface area contributed by atoms with E-state index in [2.05, 4.69) is 14.7 Å². The molecule has 0 aliphatic carbocycles. The van der Waals surface area contributed by atoms with Crippen molar-refractivity contribution in [1.29, 1.82) is 0 Å². The SMILES string of the molecule is COc1ccc(Cl)cc1-c1noc(C(C(F)(F)F)C(F)(F)F)n1. The van der Waals surface area contributed by atoms with E-state index in [1.807, 2.05) is 0 Å². The van der Waals surface area contributed by atoms with Gasteiger partial charge in [-0.05, 0) is 18.2 Å². The van der Waals surface area contributed by atoms with E-state index in [9.17, 15) is 26.3 Å². The number of methoxy groups -OCH3 is 1. The summed E-state index contributed by atoms with van der Waals surface area (Å²) in [6, 6.07) is 4.00. The minimum absolute atomic E-state index is 0.00176. The molecule has 4 nitrogen and oxygen atoms in total. The molecule has 11 heteroatoms. The zero-order chi connectivity index (χ0) is 17.4. The number of nitrogens with zero attached hydrogens (tertiary/aromatic N) is 2. The van der Waals surface area contributed by atoms with Gasteiger partial charge in [0.1, 0.15) is 5.75 Å². The van der Waals surface area contributed by atoms with Crippen molar-refractivity contribution < 1.29 is 35.6 Å². The molecule has 126 valence electrons. The number of hydrogen-bond donors (Lipinski definition) is 0. The van der Waals surface area contributed by atoms with Crippen molar-refractivity contribution >= 4 is 11.6 Å². The van der Waals surface area contributed by atoms with Crippen LogP contribution in [0.4, 0.5) is 26.3 Å². The Kier molecular flexibility index (Phi) is 4.47. The number of aromatic nitrogens is 2. The fourth-order valence-corrected chi connectivity index (χ4v) is 1.95. The normalized spacial score (nSPS) is 12.7. The second kappa shape index (κ2) is 5.91. The van der Waals surface area contributed by atoms with E-state index in [1.54, 1.807) is 0 Å². The first-order valence-electron chi connectivity index (χ1n) is 5.85. The van der Waals surface area contributed by atoms with Crippen molar-refractivity contribution in [2.24, 2.45) is 0 Å². The fraction of sp³-hybridized carbons (Fsp3) is 0.333. The van der Waals surface area contributed by atoms with Gasteiger partial charge in [-0.3, -0.25) is 0 Å². The average molecular weight is 361 g/mol. The third-order valence-electron chi connectivity index (χ3n) is 2.75. The number of ether oxygens (including phenoxy) is 1. The Hall–Kier alpha value is -1.97. The zero-order valence-corrected chi connectivity index (χ0v) is 11.9. The fourth-order valence-electron chi connectivity index (χ4n) is 1.78. The first-order chi connectivity index (χ1) is 10.5. The highest BCUT2D eigenvalue weighted by molar-refractivity contribution is 6.30. The molecule has 0 fully saturated rings. The summed E-state index contributed by atoms with van der Waals surface area (Å²) in [4.78, 5) is 3.21. The minimum Gasteiger partial charge on any atom is -0.496 e. The van der Waals surface area contributed by atoms with E-state index < -0.39 is 30.0 Å². The predicted octanol–water partition coefficient (Wildman–Crippen LogP) is 4.61. The van der Waals surface area contributed by atoms with Gasteiger partial charge >= 0.3 is 12.4 Å². The molecule has 2 rings (SSSR count). The van der Waals surface area contributed by atoms with Crippen LogP contribution in [-0.2, 0) is 0 Å². The summed E-state index contributed by atoms with van der Waals surface area (Å²) in [5, 5.41) is 3.32. The Labute approximate surface area is 130 Å². The molecule has 0 unspecified atom stereocenters. The van der Waals surface area contributed by atoms with Crippen LogP contribution in [0.5, 0.6) is 5.75 Å². The van der Waals surface area contributed by atoms with Gasteiger partial charge in [0.2, 0.25) is 17.6 Å². The highest BCUT2D eigenvalue weighted by Gasteiger charge is 2.60. The minimum atomic E-state index is -5.62. The van der Waals surface area contributed by atoms with Crippen LogP contribution < -0.4 is 4.74 Å². The van der Waals surface area contributed by atoms with E-state index in [1.165, 1.54) is 25.3 Å². The van der Waals surface area contributed by atoms with Crippen molar-refractivity contribution in [3.05, 3.63) is 29.1 Å². The van der Waals surface area contributed by atoms with Gasteiger partial charge in [-0.1, -0.05) is 16.8 Å². The van der Waals surface area contributed by atoms with Crippen molar-refractivity contribution in [2.75, 3.05) is 7.11 Å². The first-order valence-corrected chi connectivity index (χ1v) is 6.22. The Bertz CT molecular complexity index is 684. The van der Waals surface area contributed by atoms with Crippen LogP contribution in [0.2, 0.25) is 5.02 Å². The molecule has 1 heterocycles. The van der Waals surface area contributed by atoms with Crippen molar-refractivity contribution in [1.82, 2.24) is 10.1 Å². The maximum Gasteiger partial charge on any atom is 0.409 e. The molecule has 0 spiro atoms. The third kappa shape index (κ3) is 3.69. The maximum absolute atomic E-state index is 12.6. The van der Waals surface area contributed by atoms with Crippen LogP contribution >= 0.6 is 11.6 Å². The van der Waals surface area contributed by atoms with E-state index in [-0.39, 0.29) is 16.3 Å². The van der Waals surface area contributed by atoms with Gasteiger partial charge in [0, 0.05) is 5.02 Å². The van der Waals surface area contributed by atoms with Crippen molar-refractivity contribution in [2.45, 2.75) is 18.3 Å². The topological polar surface area (TPSA) is 48.2 Å². The molecular weight excluding hydrogens is 354 g/mol. The molecule has 0 saturated heterocycles. The maximum atomic E-state index is 12.6. The lowest BCUT2D eigenvalue weighted by atomic mass is 10.1. The van der Waals surface area contributed by atoms with Crippen LogP contribution in [0.3, 0.4) is 0 Å². The van der Waals surface area contributed by atoms with Crippen LogP contribution in [0.15, 0.2) is 22.7 Å². The average Bonchev–Trinajstić information content (AvgIpc) is 2.84. The molecule has 0 radical (unpaired) electrons. The molecule has 0 aliphatic heterocycles.